The molecule has 1 N–H and O–H groups in total. The number of carboxylic acids is 1. The lowest BCUT2D eigenvalue weighted by Gasteiger charge is -2.19. The molecule has 3 rings (SSSR count). The first kappa shape index (κ1) is 12.7. The van der Waals surface area contributed by atoms with Gasteiger partial charge >= 0.3 is 5.97 Å². The predicted octanol–water partition coefficient (Wildman–Crippen LogP) is 3.38. The van der Waals surface area contributed by atoms with Crippen molar-refractivity contribution in [2.24, 2.45) is 0 Å². The van der Waals surface area contributed by atoms with Crippen molar-refractivity contribution >= 4 is 11.7 Å². The van der Waals surface area contributed by atoms with E-state index in [0.717, 1.165) is 25.2 Å². The van der Waals surface area contributed by atoms with E-state index >= 15 is 0 Å². The maximum absolute atomic E-state index is 11.0. The Labute approximate surface area is 118 Å². The van der Waals surface area contributed by atoms with E-state index in [2.05, 4.69) is 29.2 Å². The molecule has 1 heterocycles. The number of aromatic carboxylic acids is 1. The molecule has 3 heteroatoms. The summed E-state index contributed by atoms with van der Waals surface area (Å²) in [7, 11) is 0. The monoisotopic (exact) mass is 267 g/mol. The number of rotatable bonds is 3. The highest BCUT2D eigenvalue weighted by atomic mass is 16.4. The van der Waals surface area contributed by atoms with Crippen molar-refractivity contribution in [3.63, 3.8) is 0 Å². The molecule has 2 aromatic carbocycles. The van der Waals surface area contributed by atoms with Gasteiger partial charge in [-0.1, -0.05) is 36.4 Å². The Kier molecular flexibility index (Phi) is 3.42. The molecule has 102 valence electrons. The van der Waals surface area contributed by atoms with Crippen molar-refractivity contribution in [2.45, 2.75) is 12.3 Å². The summed E-state index contributed by atoms with van der Waals surface area (Å²) in [6.45, 7) is 1.93. The third kappa shape index (κ3) is 2.52. The van der Waals surface area contributed by atoms with Gasteiger partial charge in [0.1, 0.15) is 0 Å². The summed E-state index contributed by atoms with van der Waals surface area (Å²) in [5, 5.41) is 9.06. The number of anilines is 1. The largest absolute Gasteiger partial charge is 0.478 e. The van der Waals surface area contributed by atoms with E-state index in [4.69, 9.17) is 5.11 Å². The van der Waals surface area contributed by atoms with Crippen LogP contribution < -0.4 is 4.90 Å². The van der Waals surface area contributed by atoms with E-state index in [-0.39, 0.29) is 0 Å². The first-order valence-corrected chi connectivity index (χ1v) is 6.87. The van der Waals surface area contributed by atoms with Crippen molar-refractivity contribution < 1.29 is 9.90 Å². The fourth-order valence-corrected chi connectivity index (χ4v) is 2.83. The fourth-order valence-electron chi connectivity index (χ4n) is 2.83. The number of benzene rings is 2. The van der Waals surface area contributed by atoms with Crippen molar-refractivity contribution in [2.75, 3.05) is 18.0 Å². The van der Waals surface area contributed by atoms with Crippen molar-refractivity contribution in [3.05, 3.63) is 65.7 Å². The highest BCUT2D eigenvalue weighted by molar-refractivity contribution is 5.88. The lowest BCUT2D eigenvalue weighted by molar-refractivity contribution is 0.0697. The van der Waals surface area contributed by atoms with Crippen molar-refractivity contribution in [1.29, 1.82) is 0 Å². The molecule has 1 saturated heterocycles. The highest BCUT2D eigenvalue weighted by Gasteiger charge is 2.24. The van der Waals surface area contributed by atoms with Gasteiger partial charge in [-0.25, -0.2) is 4.79 Å². The maximum atomic E-state index is 11.0. The fraction of sp³-hybridized carbons (Fsp3) is 0.235. The first-order valence-electron chi connectivity index (χ1n) is 6.87. The van der Waals surface area contributed by atoms with Gasteiger partial charge in [0.25, 0.3) is 0 Å². The van der Waals surface area contributed by atoms with Crippen LogP contribution in [0.25, 0.3) is 0 Å². The summed E-state index contributed by atoms with van der Waals surface area (Å²) >= 11 is 0. The molecule has 3 nitrogen and oxygen atoms in total. The first-order chi connectivity index (χ1) is 9.74. The van der Waals surface area contributed by atoms with Crippen LogP contribution in [0.5, 0.6) is 0 Å². The molecular weight excluding hydrogens is 250 g/mol. The molecule has 0 amide bonds. The van der Waals surface area contributed by atoms with Crippen molar-refractivity contribution in [3.8, 4) is 0 Å². The van der Waals surface area contributed by atoms with E-state index in [1.54, 1.807) is 12.1 Å². The second-order valence-corrected chi connectivity index (χ2v) is 5.20. The molecule has 1 aliphatic rings. The number of carbonyl (C=O) groups is 1. The Morgan fingerprint density at radius 3 is 2.65 bits per heavy atom. The van der Waals surface area contributed by atoms with Gasteiger partial charge in [-0.3, -0.25) is 0 Å². The summed E-state index contributed by atoms with van der Waals surface area (Å²) in [5.41, 5.74) is 2.72. The molecule has 0 radical (unpaired) electrons. The Morgan fingerprint density at radius 1 is 1.10 bits per heavy atom. The van der Waals surface area contributed by atoms with Gasteiger partial charge in [0.2, 0.25) is 0 Å². The Morgan fingerprint density at radius 2 is 1.90 bits per heavy atom. The molecule has 0 bridgehead atoms. The van der Waals surface area contributed by atoms with E-state index in [9.17, 15) is 4.79 Å². The van der Waals surface area contributed by atoms with Gasteiger partial charge in [-0.2, -0.15) is 0 Å². The minimum Gasteiger partial charge on any atom is -0.478 e. The molecule has 20 heavy (non-hydrogen) atoms. The van der Waals surface area contributed by atoms with Crippen LogP contribution in [0.1, 0.15) is 28.3 Å². The minimum atomic E-state index is -0.870. The molecule has 0 aromatic heterocycles. The zero-order valence-electron chi connectivity index (χ0n) is 11.2. The van der Waals surface area contributed by atoms with Crippen LogP contribution in [-0.2, 0) is 0 Å². The molecule has 1 unspecified atom stereocenters. The third-order valence-corrected chi connectivity index (χ3v) is 3.92. The van der Waals surface area contributed by atoms with Crippen LogP contribution in [0, 0.1) is 0 Å². The molecule has 1 atom stereocenters. The third-order valence-electron chi connectivity index (χ3n) is 3.92. The summed E-state index contributed by atoms with van der Waals surface area (Å²) in [6, 6.07) is 17.7. The normalized spacial score (nSPS) is 18.2. The summed E-state index contributed by atoms with van der Waals surface area (Å²) < 4.78 is 0. The average Bonchev–Trinajstić information content (AvgIpc) is 2.98. The smallest absolute Gasteiger partial charge is 0.335 e. The lowest BCUT2D eigenvalue weighted by Crippen LogP contribution is -2.19. The quantitative estimate of drug-likeness (QED) is 0.926. The van der Waals surface area contributed by atoms with Crippen LogP contribution in [0.2, 0.25) is 0 Å². The Balaban J connectivity index is 1.77. The summed E-state index contributed by atoms with van der Waals surface area (Å²) in [5.74, 6) is -0.338. The van der Waals surface area contributed by atoms with E-state index in [1.807, 2.05) is 18.2 Å². The lowest BCUT2D eigenvalue weighted by atomic mass is 9.99. The van der Waals surface area contributed by atoms with Gasteiger partial charge < -0.3 is 10.0 Å². The average molecular weight is 267 g/mol. The van der Waals surface area contributed by atoms with E-state index < -0.39 is 5.97 Å². The van der Waals surface area contributed by atoms with Gasteiger partial charge in [0, 0.05) is 24.7 Å². The van der Waals surface area contributed by atoms with E-state index in [0.29, 0.717) is 11.5 Å². The van der Waals surface area contributed by atoms with Gasteiger partial charge in [-0.05, 0) is 30.2 Å². The second-order valence-electron chi connectivity index (χ2n) is 5.20. The summed E-state index contributed by atoms with van der Waals surface area (Å²) in [4.78, 5) is 13.3. The number of hydrogen-bond acceptors (Lipinski definition) is 2. The van der Waals surface area contributed by atoms with Gasteiger partial charge in [0.05, 0.1) is 5.56 Å². The molecule has 1 aliphatic heterocycles. The molecule has 1 fully saturated rings. The standard InChI is InChI=1S/C17H17NO2/c19-17(20)14-7-4-8-16(11-14)18-10-9-15(12-18)13-5-2-1-3-6-13/h1-8,11,15H,9-10,12H2,(H,19,20). The summed E-state index contributed by atoms with van der Waals surface area (Å²) in [6.07, 6.45) is 1.11. The molecule has 0 saturated carbocycles. The van der Waals surface area contributed by atoms with Crippen LogP contribution in [0.15, 0.2) is 54.6 Å². The second kappa shape index (κ2) is 5.37. The molecule has 2 aromatic rings. The highest BCUT2D eigenvalue weighted by Crippen LogP contribution is 2.30. The van der Waals surface area contributed by atoms with Crippen LogP contribution in [0.4, 0.5) is 5.69 Å². The van der Waals surface area contributed by atoms with Crippen LogP contribution >= 0.6 is 0 Å². The zero-order valence-corrected chi connectivity index (χ0v) is 11.2. The van der Waals surface area contributed by atoms with Gasteiger partial charge in [-0.15, -0.1) is 0 Å². The predicted molar refractivity (Wildman–Crippen MR) is 79.4 cm³/mol. The maximum Gasteiger partial charge on any atom is 0.335 e. The number of nitrogens with zero attached hydrogens (tertiary/aromatic N) is 1. The SMILES string of the molecule is O=C(O)c1cccc(N2CCC(c3ccccc3)C2)c1. The van der Waals surface area contributed by atoms with Crippen LogP contribution in [-0.4, -0.2) is 24.2 Å². The van der Waals surface area contributed by atoms with Crippen molar-refractivity contribution in [1.82, 2.24) is 0 Å². The number of carboxylic acid groups (broad SMARTS) is 1. The molecule has 0 aliphatic carbocycles. The Bertz CT molecular complexity index is 609. The molecule has 0 spiro atoms. The number of hydrogen-bond donors (Lipinski definition) is 1. The molecular formula is C17H17NO2. The topological polar surface area (TPSA) is 40.5 Å². The Hall–Kier alpha value is -2.29. The van der Waals surface area contributed by atoms with Crippen LogP contribution in [0.3, 0.4) is 0 Å². The van der Waals surface area contributed by atoms with E-state index in [1.165, 1.54) is 5.56 Å². The van der Waals surface area contributed by atoms with Gasteiger partial charge in [0.15, 0.2) is 0 Å². The zero-order chi connectivity index (χ0) is 13.9. The minimum absolute atomic E-state index is 0.352.